The third kappa shape index (κ3) is 12.2. The van der Waals surface area contributed by atoms with Crippen LogP contribution in [0, 0.1) is 12.3 Å². The summed E-state index contributed by atoms with van der Waals surface area (Å²) in [6, 6.07) is 0. The average molecular weight is 288 g/mol. The minimum absolute atomic E-state index is 0.623. The molecule has 1 nitrogen and oxygen atoms in total. The van der Waals surface area contributed by atoms with Gasteiger partial charge in [-0.3, -0.25) is 0 Å². The van der Waals surface area contributed by atoms with Crippen molar-refractivity contribution in [2.24, 2.45) is 0 Å². The lowest BCUT2D eigenvalue weighted by atomic mass is 9.99. The summed E-state index contributed by atoms with van der Waals surface area (Å²) in [6.07, 6.45) is 18.0. The standard InChI is InChI=1S/C20H32O/c1-7-20(6,21)16-10-15-19(5)14-9-13-18(4)12-8-11-17(2)3/h1,11,13,15,21H,8-10,12,14,16H2,2-6H3/b18-13-,19-15+. The first kappa shape index (κ1) is 19.7. The van der Waals surface area contributed by atoms with Crippen LogP contribution in [0.25, 0.3) is 0 Å². The Balaban J connectivity index is 3.99. The monoisotopic (exact) mass is 288 g/mol. The first-order valence-corrected chi connectivity index (χ1v) is 7.91. The van der Waals surface area contributed by atoms with Crippen LogP contribution >= 0.6 is 0 Å². The predicted molar refractivity (Wildman–Crippen MR) is 94.1 cm³/mol. The first-order chi connectivity index (χ1) is 9.76. The zero-order valence-corrected chi connectivity index (χ0v) is 14.5. The van der Waals surface area contributed by atoms with Crippen molar-refractivity contribution in [3.8, 4) is 12.3 Å². The van der Waals surface area contributed by atoms with Crippen LogP contribution in [0.5, 0.6) is 0 Å². The van der Waals surface area contributed by atoms with E-state index in [9.17, 15) is 5.11 Å². The first-order valence-electron chi connectivity index (χ1n) is 7.91. The van der Waals surface area contributed by atoms with Crippen LogP contribution in [0.3, 0.4) is 0 Å². The van der Waals surface area contributed by atoms with Crippen LogP contribution in [0.2, 0.25) is 0 Å². The van der Waals surface area contributed by atoms with E-state index >= 15 is 0 Å². The molecule has 0 saturated carbocycles. The zero-order chi connectivity index (χ0) is 16.3. The van der Waals surface area contributed by atoms with Crippen LogP contribution in [0.1, 0.15) is 73.1 Å². The number of allylic oxidation sites excluding steroid dienone is 6. The van der Waals surface area contributed by atoms with Crippen LogP contribution in [0.4, 0.5) is 0 Å². The summed E-state index contributed by atoms with van der Waals surface area (Å²) in [4.78, 5) is 0. The summed E-state index contributed by atoms with van der Waals surface area (Å²) in [5.74, 6) is 2.41. The van der Waals surface area contributed by atoms with Crippen molar-refractivity contribution < 1.29 is 5.11 Å². The molecule has 0 aromatic heterocycles. The molecular weight excluding hydrogens is 256 g/mol. The van der Waals surface area contributed by atoms with Crippen molar-refractivity contribution in [2.45, 2.75) is 78.7 Å². The minimum Gasteiger partial charge on any atom is -0.378 e. The third-order valence-electron chi connectivity index (χ3n) is 3.56. The molecule has 0 aromatic rings. The van der Waals surface area contributed by atoms with Gasteiger partial charge in [-0.15, -0.1) is 6.42 Å². The molecule has 0 bridgehead atoms. The summed E-state index contributed by atoms with van der Waals surface area (Å²) in [5, 5.41) is 9.73. The Hall–Kier alpha value is -1.26. The van der Waals surface area contributed by atoms with Crippen LogP contribution in [-0.2, 0) is 0 Å². The molecule has 118 valence electrons. The van der Waals surface area contributed by atoms with E-state index in [-0.39, 0.29) is 0 Å². The molecule has 0 aliphatic rings. The van der Waals surface area contributed by atoms with Gasteiger partial charge < -0.3 is 5.11 Å². The van der Waals surface area contributed by atoms with Crippen LogP contribution in [0.15, 0.2) is 34.9 Å². The smallest absolute Gasteiger partial charge is 0.122 e. The molecule has 0 spiro atoms. The van der Waals surface area contributed by atoms with Crippen molar-refractivity contribution in [1.82, 2.24) is 0 Å². The van der Waals surface area contributed by atoms with E-state index in [1.807, 2.05) is 0 Å². The Bertz CT molecular complexity index is 423. The second-order valence-corrected chi connectivity index (χ2v) is 6.42. The van der Waals surface area contributed by atoms with Crippen LogP contribution in [-0.4, -0.2) is 10.7 Å². The Labute approximate surface area is 131 Å². The normalized spacial score (nSPS) is 15.3. The van der Waals surface area contributed by atoms with E-state index in [1.54, 1.807) is 6.92 Å². The minimum atomic E-state index is -0.974. The van der Waals surface area contributed by atoms with Gasteiger partial charge in [-0.2, -0.15) is 0 Å². The van der Waals surface area contributed by atoms with Gasteiger partial charge in [0.25, 0.3) is 0 Å². The fourth-order valence-electron chi connectivity index (χ4n) is 2.01. The van der Waals surface area contributed by atoms with Gasteiger partial charge in [-0.05, 0) is 73.1 Å². The highest BCUT2D eigenvalue weighted by atomic mass is 16.3. The molecule has 0 saturated heterocycles. The van der Waals surface area contributed by atoms with Gasteiger partial charge in [0.05, 0.1) is 0 Å². The highest BCUT2D eigenvalue weighted by molar-refractivity contribution is 5.08. The van der Waals surface area contributed by atoms with Gasteiger partial charge in [-0.25, -0.2) is 0 Å². The van der Waals surface area contributed by atoms with E-state index in [4.69, 9.17) is 6.42 Å². The van der Waals surface area contributed by atoms with Gasteiger partial charge >= 0.3 is 0 Å². The number of hydrogen-bond acceptors (Lipinski definition) is 1. The van der Waals surface area contributed by atoms with E-state index in [0.717, 1.165) is 32.1 Å². The summed E-state index contributed by atoms with van der Waals surface area (Å²) in [6.45, 7) is 10.3. The Morgan fingerprint density at radius 1 is 0.952 bits per heavy atom. The number of hydrogen-bond donors (Lipinski definition) is 1. The van der Waals surface area contributed by atoms with E-state index in [2.05, 4.69) is 51.8 Å². The molecule has 1 atom stereocenters. The molecule has 0 heterocycles. The number of rotatable bonds is 9. The Kier molecular flexibility index (Phi) is 9.84. The molecule has 1 unspecified atom stereocenters. The topological polar surface area (TPSA) is 20.2 Å². The van der Waals surface area contributed by atoms with Crippen molar-refractivity contribution >= 4 is 0 Å². The maximum Gasteiger partial charge on any atom is 0.122 e. The molecular formula is C20H32O. The molecule has 1 heteroatoms. The third-order valence-corrected chi connectivity index (χ3v) is 3.56. The summed E-state index contributed by atoms with van der Waals surface area (Å²) >= 11 is 0. The highest BCUT2D eigenvalue weighted by Gasteiger charge is 2.14. The molecule has 21 heavy (non-hydrogen) atoms. The van der Waals surface area contributed by atoms with Gasteiger partial charge in [0.1, 0.15) is 5.60 Å². The van der Waals surface area contributed by atoms with Gasteiger partial charge in [0, 0.05) is 0 Å². The van der Waals surface area contributed by atoms with Gasteiger partial charge in [0.2, 0.25) is 0 Å². The fraction of sp³-hybridized carbons (Fsp3) is 0.600. The number of aliphatic hydroxyl groups is 1. The Morgan fingerprint density at radius 2 is 1.43 bits per heavy atom. The lowest BCUT2D eigenvalue weighted by molar-refractivity contribution is 0.113. The van der Waals surface area contributed by atoms with Crippen LogP contribution < -0.4 is 0 Å². The molecule has 0 amide bonds. The summed E-state index contributed by atoms with van der Waals surface area (Å²) in [5.41, 5.74) is 3.26. The lowest BCUT2D eigenvalue weighted by Gasteiger charge is -2.14. The van der Waals surface area contributed by atoms with Crippen molar-refractivity contribution in [3.05, 3.63) is 34.9 Å². The lowest BCUT2D eigenvalue weighted by Crippen LogP contribution is -2.20. The molecule has 0 aliphatic heterocycles. The summed E-state index contributed by atoms with van der Waals surface area (Å²) in [7, 11) is 0. The molecule has 0 aromatic carbocycles. The second kappa shape index (κ2) is 10.5. The SMILES string of the molecule is C#CC(C)(O)CC/C=C(\C)CC/C=C(/C)CCC=C(C)C. The van der Waals surface area contributed by atoms with E-state index in [0.29, 0.717) is 6.42 Å². The largest absolute Gasteiger partial charge is 0.378 e. The fourth-order valence-corrected chi connectivity index (χ4v) is 2.01. The summed E-state index contributed by atoms with van der Waals surface area (Å²) < 4.78 is 0. The van der Waals surface area contributed by atoms with E-state index < -0.39 is 5.60 Å². The molecule has 0 rings (SSSR count). The molecule has 0 fully saturated rings. The molecule has 1 N–H and O–H groups in total. The second-order valence-electron chi connectivity index (χ2n) is 6.42. The predicted octanol–water partition coefficient (Wildman–Crippen LogP) is 5.57. The zero-order valence-electron chi connectivity index (χ0n) is 14.5. The molecule has 0 aliphatic carbocycles. The van der Waals surface area contributed by atoms with Crippen molar-refractivity contribution in [1.29, 1.82) is 0 Å². The van der Waals surface area contributed by atoms with E-state index in [1.165, 1.54) is 16.7 Å². The van der Waals surface area contributed by atoms with Gasteiger partial charge in [0.15, 0.2) is 0 Å². The average Bonchev–Trinajstić information content (AvgIpc) is 2.38. The Morgan fingerprint density at radius 3 is 1.90 bits per heavy atom. The maximum absolute atomic E-state index is 9.73. The van der Waals surface area contributed by atoms with Crippen molar-refractivity contribution in [3.63, 3.8) is 0 Å². The number of terminal acetylenes is 1. The molecule has 0 radical (unpaired) electrons. The quantitative estimate of drug-likeness (QED) is 0.434. The van der Waals surface area contributed by atoms with Crippen molar-refractivity contribution in [2.75, 3.05) is 0 Å². The highest BCUT2D eigenvalue weighted by Crippen LogP contribution is 2.15. The van der Waals surface area contributed by atoms with Gasteiger partial charge in [-0.1, -0.05) is 40.9 Å². The maximum atomic E-state index is 9.73.